The number of anilines is 1. The Morgan fingerprint density at radius 2 is 2.04 bits per heavy atom. The Bertz CT molecular complexity index is 811. The van der Waals surface area contributed by atoms with E-state index in [1.165, 1.54) is 6.20 Å². The number of hydrogen-bond donors (Lipinski definition) is 1. The fraction of sp³-hybridized carbons (Fsp3) is 0.267. The maximum atomic E-state index is 10.8. The van der Waals surface area contributed by atoms with Gasteiger partial charge in [0, 0.05) is 11.9 Å². The highest BCUT2D eigenvalue weighted by atomic mass is 16.6. The van der Waals surface area contributed by atoms with Gasteiger partial charge in [0.1, 0.15) is 24.5 Å². The van der Waals surface area contributed by atoms with Crippen molar-refractivity contribution in [1.29, 1.82) is 0 Å². The van der Waals surface area contributed by atoms with Gasteiger partial charge in [0.2, 0.25) is 0 Å². The molecule has 0 aliphatic carbocycles. The summed E-state index contributed by atoms with van der Waals surface area (Å²) in [5.74, 6) is 0.698. The molecule has 0 radical (unpaired) electrons. The van der Waals surface area contributed by atoms with Crippen molar-refractivity contribution in [3.63, 3.8) is 0 Å². The maximum absolute atomic E-state index is 10.8. The van der Waals surface area contributed by atoms with Crippen LogP contribution >= 0.6 is 0 Å². The van der Waals surface area contributed by atoms with E-state index in [0.29, 0.717) is 6.54 Å². The van der Waals surface area contributed by atoms with Crippen LogP contribution in [0.15, 0.2) is 43.0 Å². The second-order valence-corrected chi connectivity index (χ2v) is 5.05. The van der Waals surface area contributed by atoms with Gasteiger partial charge >= 0.3 is 5.95 Å². The molecule has 0 fully saturated rings. The third-order valence-corrected chi connectivity index (χ3v) is 3.52. The van der Waals surface area contributed by atoms with Crippen LogP contribution in [0.4, 0.5) is 11.8 Å². The molecule has 0 atom stereocenters. The molecule has 118 valence electrons. The van der Waals surface area contributed by atoms with Crippen LogP contribution in [0.5, 0.6) is 0 Å². The Balaban J connectivity index is 1.52. The van der Waals surface area contributed by atoms with E-state index in [4.69, 9.17) is 0 Å². The third-order valence-electron chi connectivity index (χ3n) is 3.52. The number of fused-ring (bicyclic) bond motifs is 1. The third kappa shape index (κ3) is 3.42. The smallest absolute Gasteiger partial charge is 0.390 e. The molecule has 1 aromatic carbocycles. The number of aryl methyl sites for hydroxylation is 1. The minimum absolute atomic E-state index is 0.111. The molecule has 0 bridgehead atoms. The van der Waals surface area contributed by atoms with E-state index < -0.39 is 4.92 Å². The van der Waals surface area contributed by atoms with Crippen molar-refractivity contribution in [3.8, 4) is 0 Å². The van der Waals surface area contributed by atoms with Crippen molar-refractivity contribution in [1.82, 2.24) is 19.5 Å². The van der Waals surface area contributed by atoms with Crippen molar-refractivity contribution in [2.75, 3.05) is 11.9 Å². The Morgan fingerprint density at radius 1 is 1.17 bits per heavy atom. The molecule has 3 rings (SSSR count). The van der Waals surface area contributed by atoms with E-state index in [1.54, 1.807) is 17.1 Å². The first-order valence-electron chi connectivity index (χ1n) is 7.35. The number of benzene rings is 1. The predicted molar refractivity (Wildman–Crippen MR) is 86.1 cm³/mol. The zero-order chi connectivity index (χ0) is 16.1. The lowest BCUT2D eigenvalue weighted by Gasteiger charge is -2.08. The number of unbranched alkanes of at least 4 members (excludes halogenated alkanes) is 1. The fourth-order valence-corrected chi connectivity index (χ4v) is 2.41. The maximum Gasteiger partial charge on any atom is 0.434 e. The first-order chi connectivity index (χ1) is 11.3. The molecule has 23 heavy (non-hydrogen) atoms. The molecule has 8 nitrogen and oxygen atoms in total. The second kappa shape index (κ2) is 6.82. The summed E-state index contributed by atoms with van der Waals surface area (Å²) < 4.78 is 1.56. The first kappa shape index (κ1) is 14.9. The van der Waals surface area contributed by atoms with Gasteiger partial charge in [0.25, 0.3) is 0 Å². The molecule has 1 N–H and O–H groups in total. The summed E-state index contributed by atoms with van der Waals surface area (Å²) in [6, 6.07) is 7.82. The van der Waals surface area contributed by atoms with Gasteiger partial charge in [-0.3, -0.25) is 0 Å². The molecule has 0 amide bonds. The lowest BCUT2D eigenvalue weighted by atomic mass is 10.2. The molecule has 0 spiro atoms. The summed E-state index contributed by atoms with van der Waals surface area (Å²) in [6.07, 6.45) is 6.30. The molecule has 2 aromatic heterocycles. The monoisotopic (exact) mass is 312 g/mol. The van der Waals surface area contributed by atoms with Gasteiger partial charge in [-0.15, -0.1) is 0 Å². The zero-order valence-corrected chi connectivity index (χ0v) is 12.4. The van der Waals surface area contributed by atoms with Crippen molar-refractivity contribution in [2.24, 2.45) is 0 Å². The van der Waals surface area contributed by atoms with Gasteiger partial charge in [-0.2, -0.15) is 0 Å². The molecule has 0 aliphatic heterocycles. The zero-order valence-electron chi connectivity index (χ0n) is 12.4. The Labute approximate surface area is 132 Å². The number of nitro groups is 1. The second-order valence-electron chi connectivity index (χ2n) is 5.05. The summed E-state index contributed by atoms with van der Waals surface area (Å²) >= 11 is 0. The van der Waals surface area contributed by atoms with Crippen LogP contribution in [0.3, 0.4) is 0 Å². The summed E-state index contributed by atoms with van der Waals surface area (Å²) in [7, 11) is 0. The fourth-order valence-electron chi connectivity index (χ4n) is 2.41. The molecule has 0 saturated heterocycles. The van der Waals surface area contributed by atoms with Crippen LogP contribution in [-0.4, -0.2) is 31.0 Å². The van der Waals surface area contributed by atoms with Gasteiger partial charge in [-0.05, 0) is 29.9 Å². The minimum Gasteiger partial charge on any atom is -0.390 e. The van der Waals surface area contributed by atoms with Crippen LogP contribution in [0.2, 0.25) is 0 Å². The van der Waals surface area contributed by atoms with Crippen LogP contribution in [0, 0.1) is 10.1 Å². The van der Waals surface area contributed by atoms with Gasteiger partial charge in [0.15, 0.2) is 0 Å². The highest BCUT2D eigenvalue weighted by molar-refractivity contribution is 5.88. The van der Waals surface area contributed by atoms with E-state index in [2.05, 4.69) is 20.3 Å². The van der Waals surface area contributed by atoms with Crippen LogP contribution < -0.4 is 5.32 Å². The Hall–Kier alpha value is -3.03. The van der Waals surface area contributed by atoms with Gasteiger partial charge in [-0.25, -0.2) is 14.5 Å². The molecule has 0 aliphatic rings. The molecule has 0 unspecified atom stereocenters. The average Bonchev–Trinajstić information content (AvgIpc) is 3.03. The summed E-state index contributed by atoms with van der Waals surface area (Å²) in [6.45, 7) is 1.31. The molecular weight excluding hydrogens is 296 g/mol. The van der Waals surface area contributed by atoms with Crippen molar-refractivity contribution in [3.05, 3.63) is 53.1 Å². The first-order valence-corrected chi connectivity index (χ1v) is 7.35. The van der Waals surface area contributed by atoms with Crippen molar-refractivity contribution >= 4 is 22.7 Å². The summed E-state index contributed by atoms with van der Waals surface area (Å²) in [5, 5.41) is 15.1. The molecule has 0 saturated carbocycles. The van der Waals surface area contributed by atoms with Crippen molar-refractivity contribution < 1.29 is 4.92 Å². The summed E-state index contributed by atoms with van der Waals surface area (Å²) in [5.41, 5.74) is 0.902. The molecule has 8 heteroatoms. The normalized spacial score (nSPS) is 10.8. The van der Waals surface area contributed by atoms with Crippen LogP contribution in [0.1, 0.15) is 12.8 Å². The number of hydrogen-bond acceptors (Lipinski definition) is 6. The number of imidazole rings is 1. The van der Waals surface area contributed by atoms with Gasteiger partial charge in [0.05, 0.1) is 12.1 Å². The topological polar surface area (TPSA) is 98.8 Å². The number of rotatable bonds is 7. The van der Waals surface area contributed by atoms with E-state index in [9.17, 15) is 10.1 Å². The molecular formula is C15H16N6O2. The highest BCUT2D eigenvalue weighted by Gasteiger charge is 2.12. The van der Waals surface area contributed by atoms with E-state index in [1.807, 2.05) is 24.3 Å². The lowest BCUT2D eigenvalue weighted by Crippen LogP contribution is -2.07. The van der Waals surface area contributed by atoms with Crippen LogP contribution in [0.25, 0.3) is 10.9 Å². The molecule has 3 aromatic rings. The lowest BCUT2D eigenvalue weighted by molar-refractivity contribution is -0.396. The van der Waals surface area contributed by atoms with Gasteiger partial charge in [-0.1, -0.05) is 17.1 Å². The van der Waals surface area contributed by atoms with Crippen molar-refractivity contribution in [2.45, 2.75) is 19.4 Å². The number of aromatic nitrogens is 4. The van der Waals surface area contributed by atoms with Gasteiger partial charge < -0.3 is 15.4 Å². The largest absolute Gasteiger partial charge is 0.434 e. The number of nitrogens with zero attached hydrogens (tertiary/aromatic N) is 5. The van der Waals surface area contributed by atoms with Crippen LogP contribution in [-0.2, 0) is 6.54 Å². The number of para-hydroxylation sites is 1. The average molecular weight is 312 g/mol. The SMILES string of the molecule is O=[N+]([O-])c1nccn1CCCCNc1ncnc2ccccc12. The highest BCUT2D eigenvalue weighted by Crippen LogP contribution is 2.18. The Morgan fingerprint density at radius 3 is 2.91 bits per heavy atom. The van der Waals surface area contributed by atoms with E-state index in [-0.39, 0.29) is 5.95 Å². The Kier molecular flexibility index (Phi) is 4.41. The van der Waals surface area contributed by atoms with E-state index >= 15 is 0 Å². The number of nitrogens with one attached hydrogen (secondary N) is 1. The van der Waals surface area contributed by atoms with E-state index in [0.717, 1.165) is 36.1 Å². The minimum atomic E-state index is -0.467. The summed E-state index contributed by atoms with van der Waals surface area (Å²) in [4.78, 5) is 22.5. The standard InChI is InChI=1S/C15H16N6O2/c22-21(23)15-17-8-10-20(15)9-4-3-7-16-14-12-5-1-2-6-13(12)18-11-19-14/h1-2,5-6,8,10-11H,3-4,7,9H2,(H,16,18,19). The quantitative estimate of drug-likeness (QED) is 0.409. The molecule has 2 heterocycles. The predicted octanol–water partition coefficient (Wildman–Crippen LogP) is 2.63.